The highest BCUT2D eigenvalue weighted by Crippen LogP contribution is 2.15. The molecule has 17 heavy (non-hydrogen) atoms. The van der Waals surface area contributed by atoms with Crippen LogP contribution in [-0.4, -0.2) is 52.5 Å². The highest BCUT2D eigenvalue weighted by molar-refractivity contribution is 5.83. The molecule has 1 aromatic rings. The van der Waals surface area contributed by atoms with Crippen LogP contribution in [0, 0.1) is 0 Å². The molecule has 2 rings (SSSR count). The van der Waals surface area contributed by atoms with Crippen LogP contribution in [0.1, 0.15) is 25.1 Å². The molecule has 1 saturated heterocycles. The van der Waals surface area contributed by atoms with Gasteiger partial charge in [-0.15, -0.1) is 0 Å². The minimum absolute atomic E-state index is 0.0522. The Labute approximate surface area is 101 Å². The molecule has 6 heteroatoms. The molecule has 1 aliphatic rings. The van der Waals surface area contributed by atoms with Crippen LogP contribution in [0.3, 0.4) is 0 Å². The molecule has 1 fully saturated rings. The second-order valence-corrected chi connectivity index (χ2v) is 4.44. The summed E-state index contributed by atoms with van der Waals surface area (Å²) in [7, 11) is 3.75. The van der Waals surface area contributed by atoms with Gasteiger partial charge in [-0.2, -0.15) is 4.98 Å². The maximum Gasteiger partial charge on any atom is 0.239 e. The van der Waals surface area contributed by atoms with Crippen molar-refractivity contribution >= 4 is 5.91 Å². The van der Waals surface area contributed by atoms with Crippen molar-refractivity contribution in [2.45, 2.75) is 32.4 Å². The monoisotopic (exact) mass is 238 g/mol. The Morgan fingerprint density at radius 1 is 1.59 bits per heavy atom. The molecule has 0 spiro atoms. The lowest BCUT2D eigenvalue weighted by molar-refractivity contribution is -0.130. The molecular formula is C11H18N4O2. The van der Waals surface area contributed by atoms with Gasteiger partial charge in [0.2, 0.25) is 11.8 Å². The second-order valence-electron chi connectivity index (χ2n) is 4.44. The zero-order chi connectivity index (χ0) is 12.4. The summed E-state index contributed by atoms with van der Waals surface area (Å²) in [4.78, 5) is 19.8. The molecule has 0 N–H and O–H groups in total. The molecule has 1 atom stereocenters. The zero-order valence-corrected chi connectivity index (χ0v) is 10.5. The summed E-state index contributed by atoms with van der Waals surface area (Å²) >= 11 is 0. The summed E-state index contributed by atoms with van der Waals surface area (Å²) in [6.45, 7) is 3.34. The number of likely N-dealkylation sites (tertiary alicyclic amines) is 1. The predicted octanol–water partition coefficient (Wildman–Crippen LogP) is 0.294. The molecule has 0 unspecified atom stereocenters. The van der Waals surface area contributed by atoms with Crippen molar-refractivity contribution in [2.24, 2.45) is 0 Å². The Balaban J connectivity index is 1.97. The number of hydrogen-bond acceptors (Lipinski definition) is 5. The lowest BCUT2D eigenvalue weighted by Gasteiger charge is -2.20. The highest BCUT2D eigenvalue weighted by Gasteiger charge is 2.32. The standard InChI is InChI=1S/C11H18N4O2/c1-4-10-12-9(13-17-10)7-15(3)8-5-6-14(2)11(8)16/h8H,4-7H2,1-3H3/t8-/m0/s1. The minimum Gasteiger partial charge on any atom is -0.344 e. The van der Waals surface area contributed by atoms with Crippen LogP contribution in [-0.2, 0) is 17.8 Å². The van der Waals surface area contributed by atoms with Crippen molar-refractivity contribution in [3.05, 3.63) is 11.7 Å². The molecular weight excluding hydrogens is 220 g/mol. The largest absolute Gasteiger partial charge is 0.344 e. The van der Waals surface area contributed by atoms with E-state index in [1.807, 2.05) is 25.9 Å². The van der Waals surface area contributed by atoms with Crippen molar-refractivity contribution < 1.29 is 9.32 Å². The van der Waals surface area contributed by atoms with Crippen LogP contribution in [0.5, 0.6) is 0 Å². The summed E-state index contributed by atoms with van der Waals surface area (Å²) in [6.07, 6.45) is 1.60. The van der Waals surface area contributed by atoms with E-state index in [9.17, 15) is 4.79 Å². The second kappa shape index (κ2) is 4.83. The van der Waals surface area contributed by atoms with E-state index in [2.05, 4.69) is 10.1 Å². The molecule has 0 bridgehead atoms. The summed E-state index contributed by atoms with van der Waals surface area (Å²) in [5.74, 6) is 1.46. The van der Waals surface area contributed by atoms with Crippen molar-refractivity contribution in [3.63, 3.8) is 0 Å². The van der Waals surface area contributed by atoms with Gasteiger partial charge in [0.05, 0.1) is 12.6 Å². The van der Waals surface area contributed by atoms with Crippen molar-refractivity contribution in [1.29, 1.82) is 0 Å². The van der Waals surface area contributed by atoms with Crippen LogP contribution >= 0.6 is 0 Å². The Morgan fingerprint density at radius 2 is 2.35 bits per heavy atom. The van der Waals surface area contributed by atoms with Gasteiger partial charge in [0.25, 0.3) is 0 Å². The van der Waals surface area contributed by atoms with Crippen LogP contribution in [0.4, 0.5) is 0 Å². The lowest BCUT2D eigenvalue weighted by Crippen LogP contribution is -2.38. The molecule has 6 nitrogen and oxygen atoms in total. The number of rotatable bonds is 4. The average Bonchev–Trinajstić information content (AvgIpc) is 2.88. The molecule has 0 aromatic carbocycles. The smallest absolute Gasteiger partial charge is 0.239 e. The van der Waals surface area contributed by atoms with Gasteiger partial charge in [-0.3, -0.25) is 9.69 Å². The van der Waals surface area contributed by atoms with Gasteiger partial charge in [-0.05, 0) is 13.5 Å². The highest BCUT2D eigenvalue weighted by atomic mass is 16.5. The maximum absolute atomic E-state index is 11.8. The Hall–Kier alpha value is -1.43. The average molecular weight is 238 g/mol. The molecule has 2 heterocycles. The number of amides is 1. The van der Waals surface area contributed by atoms with Crippen molar-refractivity contribution in [1.82, 2.24) is 19.9 Å². The first-order valence-electron chi connectivity index (χ1n) is 5.88. The lowest BCUT2D eigenvalue weighted by atomic mass is 10.2. The quantitative estimate of drug-likeness (QED) is 0.754. The fourth-order valence-corrected chi connectivity index (χ4v) is 2.04. The fourth-order valence-electron chi connectivity index (χ4n) is 2.04. The molecule has 0 radical (unpaired) electrons. The van der Waals surface area contributed by atoms with E-state index in [0.29, 0.717) is 18.3 Å². The predicted molar refractivity (Wildman–Crippen MR) is 61.2 cm³/mol. The Bertz CT molecular complexity index is 404. The topological polar surface area (TPSA) is 62.5 Å². The normalized spacial score (nSPS) is 20.6. The third-order valence-electron chi connectivity index (χ3n) is 3.13. The van der Waals surface area contributed by atoms with Gasteiger partial charge < -0.3 is 9.42 Å². The van der Waals surface area contributed by atoms with Gasteiger partial charge in [0.1, 0.15) is 0 Å². The van der Waals surface area contributed by atoms with Crippen molar-refractivity contribution in [3.8, 4) is 0 Å². The molecule has 1 aromatic heterocycles. The zero-order valence-electron chi connectivity index (χ0n) is 10.5. The molecule has 0 saturated carbocycles. The number of likely N-dealkylation sites (N-methyl/N-ethyl adjacent to an activating group) is 2. The first kappa shape index (κ1) is 12.0. The van der Waals surface area contributed by atoms with E-state index in [1.165, 1.54) is 0 Å². The molecule has 1 amide bonds. The number of aryl methyl sites for hydroxylation is 1. The third kappa shape index (κ3) is 2.46. The molecule has 94 valence electrons. The first-order chi connectivity index (χ1) is 8.11. The van der Waals surface area contributed by atoms with Gasteiger partial charge in [0.15, 0.2) is 5.82 Å². The van der Waals surface area contributed by atoms with E-state index >= 15 is 0 Å². The van der Waals surface area contributed by atoms with E-state index < -0.39 is 0 Å². The van der Waals surface area contributed by atoms with E-state index in [1.54, 1.807) is 4.90 Å². The van der Waals surface area contributed by atoms with Gasteiger partial charge >= 0.3 is 0 Å². The minimum atomic E-state index is -0.0522. The van der Waals surface area contributed by atoms with Crippen LogP contribution in [0.15, 0.2) is 4.52 Å². The third-order valence-corrected chi connectivity index (χ3v) is 3.13. The van der Waals surface area contributed by atoms with Crippen LogP contribution < -0.4 is 0 Å². The van der Waals surface area contributed by atoms with E-state index in [4.69, 9.17) is 4.52 Å². The van der Waals surface area contributed by atoms with Crippen LogP contribution in [0.2, 0.25) is 0 Å². The summed E-state index contributed by atoms with van der Waals surface area (Å²) in [5.41, 5.74) is 0. The van der Waals surface area contributed by atoms with Gasteiger partial charge in [-0.1, -0.05) is 12.1 Å². The van der Waals surface area contributed by atoms with Crippen molar-refractivity contribution in [2.75, 3.05) is 20.6 Å². The SMILES string of the molecule is CCc1nc(CN(C)[C@H]2CCN(C)C2=O)no1. The van der Waals surface area contributed by atoms with Crippen LogP contribution in [0.25, 0.3) is 0 Å². The maximum atomic E-state index is 11.8. The number of nitrogens with zero attached hydrogens (tertiary/aromatic N) is 4. The number of hydrogen-bond donors (Lipinski definition) is 0. The van der Waals surface area contributed by atoms with E-state index in [0.717, 1.165) is 19.4 Å². The summed E-state index contributed by atoms with van der Waals surface area (Å²) in [5, 5.41) is 3.89. The number of carbonyl (C=O) groups is 1. The molecule has 0 aliphatic carbocycles. The molecule has 1 aliphatic heterocycles. The fraction of sp³-hybridized carbons (Fsp3) is 0.727. The van der Waals surface area contributed by atoms with Gasteiger partial charge in [0, 0.05) is 20.0 Å². The Kier molecular flexibility index (Phi) is 3.42. The number of aromatic nitrogens is 2. The number of carbonyl (C=O) groups excluding carboxylic acids is 1. The Morgan fingerprint density at radius 3 is 2.88 bits per heavy atom. The first-order valence-corrected chi connectivity index (χ1v) is 5.88. The van der Waals surface area contributed by atoms with Gasteiger partial charge in [-0.25, -0.2) is 0 Å². The summed E-state index contributed by atoms with van der Waals surface area (Å²) < 4.78 is 5.04. The van der Waals surface area contributed by atoms with E-state index in [-0.39, 0.29) is 11.9 Å². The summed E-state index contributed by atoms with van der Waals surface area (Å²) in [6, 6.07) is -0.0522.